The molecule has 0 radical (unpaired) electrons. The molecular formula is C28H29N3O6. The standard InChI is InChI=1S/C28H29N3O6/c1-19(29-25(32)22-15-9-4-10-16-22)30-26(33)24(23(27(34)35)17-20-11-5-2-6-12-20)31-28(36)37-18-21-13-7-3-8-14-21/h2-16,19,23-24H,17-18H2,1H3,(H,29,32)(H,30,33)(H,31,36)(H,34,35)/t19-,23?,24+/m1/s1. The number of aliphatic carboxylic acids is 1. The summed E-state index contributed by atoms with van der Waals surface area (Å²) in [4.78, 5) is 50.5. The maximum atomic E-state index is 13.2. The molecule has 0 heterocycles. The molecule has 0 aliphatic carbocycles. The Kier molecular flexibility index (Phi) is 9.78. The van der Waals surface area contributed by atoms with Crippen LogP contribution in [-0.2, 0) is 27.4 Å². The number of carbonyl (C=O) groups is 4. The minimum Gasteiger partial charge on any atom is -0.481 e. The van der Waals surface area contributed by atoms with Crippen LogP contribution in [0.15, 0.2) is 91.0 Å². The molecule has 3 amide bonds. The molecule has 0 bridgehead atoms. The van der Waals surface area contributed by atoms with Crippen molar-refractivity contribution < 1.29 is 29.0 Å². The van der Waals surface area contributed by atoms with Gasteiger partial charge in [0.05, 0.1) is 12.1 Å². The molecule has 37 heavy (non-hydrogen) atoms. The molecule has 3 aromatic carbocycles. The van der Waals surface area contributed by atoms with Crippen molar-refractivity contribution in [2.75, 3.05) is 0 Å². The summed E-state index contributed by atoms with van der Waals surface area (Å²) in [6.07, 6.45) is -1.81. The molecule has 9 heteroatoms. The number of hydrogen-bond acceptors (Lipinski definition) is 5. The van der Waals surface area contributed by atoms with E-state index in [1.165, 1.54) is 6.92 Å². The third-order valence-electron chi connectivity index (χ3n) is 5.53. The molecule has 192 valence electrons. The third-order valence-corrected chi connectivity index (χ3v) is 5.53. The maximum Gasteiger partial charge on any atom is 0.408 e. The minimum atomic E-state index is -1.47. The highest BCUT2D eigenvalue weighted by molar-refractivity contribution is 5.95. The molecule has 0 aliphatic rings. The quantitative estimate of drug-likeness (QED) is 0.297. The second-order valence-corrected chi connectivity index (χ2v) is 8.39. The summed E-state index contributed by atoms with van der Waals surface area (Å²) < 4.78 is 5.22. The molecule has 0 fully saturated rings. The summed E-state index contributed by atoms with van der Waals surface area (Å²) in [5, 5.41) is 17.6. The molecule has 3 rings (SSSR count). The fourth-order valence-corrected chi connectivity index (χ4v) is 3.67. The fraction of sp³-hybridized carbons (Fsp3) is 0.214. The van der Waals surface area contributed by atoms with Gasteiger partial charge in [0, 0.05) is 5.56 Å². The molecule has 9 nitrogen and oxygen atoms in total. The monoisotopic (exact) mass is 503 g/mol. The van der Waals surface area contributed by atoms with Crippen LogP contribution in [0.2, 0.25) is 0 Å². The van der Waals surface area contributed by atoms with E-state index in [4.69, 9.17) is 4.74 Å². The average Bonchev–Trinajstić information content (AvgIpc) is 2.90. The lowest BCUT2D eigenvalue weighted by Crippen LogP contribution is -2.57. The molecule has 1 unspecified atom stereocenters. The van der Waals surface area contributed by atoms with Crippen molar-refractivity contribution in [3.8, 4) is 0 Å². The van der Waals surface area contributed by atoms with Gasteiger partial charge in [0.15, 0.2) is 0 Å². The Morgan fingerprint density at radius 1 is 0.757 bits per heavy atom. The lowest BCUT2D eigenvalue weighted by molar-refractivity contribution is -0.145. The minimum absolute atomic E-state index is 0.0159. The number of hydrogen-bond donors (Lipinski definition) is 4. The predicted octanol–water partition coefficient (Wildman–Crippen LogP) is 3.12. The topological polar surface area (TPSA) is 134 Å². The largest absolute Gasteiger partial charge is 0.481 e. The van der Waals surface area contributed by atoms with E-state index in [9.17, 15) is 24.3 Å². The van der Waals surface area contributed by atoms with E-state index in [0.717, 1.165) is 5.56 Å². The molecule has 0 spiro atoms. The summed E-state index contributed by atoms with van der Waals surface area (Å²) in [5.41, 5.74) is 1.81. The van der Waals surface area contributed by atoms with Gasteiger partial charge in [-0.2, -0.15) is 0 Å². The van der Waals surface area contributed by atoms with Gasteiger partial charge in [-0.05, 0) is 36.6 Å². The molecule has 3 aromatic rings. The maximum absolute atomic E-state index is 13.2. The molecule has 0 saturated carbocycles. The van der Waals surface area contributed by atoms with Gasteiger partial charge in [-0.15, -0.1) is 0 Å². The molecular weight excluding hydrogens is 474 g/mol. The van der Waals surface area contributed by atoms with Crippen molar-refractivity contribution in [1.82, 2.24) is 16.0 Å². The average molecular weight is 504 g/mol. The Bertz CT molecular complexity index is 1190. The Morgan fingerprint density at radius 3 is 1.86 bits per heavy atom. The summed E-state index contributed by atoms with van der Waals surface area (Å²) in [5.74, 6) is -3.77. The first-order valence-corrected chi connectivity index (χ1v) is 11.7. The van der Waals surface area contributed by atoms with Gasteiger partial charge in [-0.1, -0.05) is 78.9 Å². The van der Waals surface area contributed by atoms with Gasteiger partial charge >= 0.3 is 12.1 Å². The van der Waals surface area contributed by atoms with Crippen molar-refractivity contribution in [2.45, 2.75) is 32.2 Å². The summed E-state index contributed by atoms with van der Waals surface area (Å²) >= 11 is 0. The van der Waals surface area contributed by atoms with Gasteiger partial charge in [0.1, 0.15) is 12.6 Å². The second kappa shape index (κ2) is 13.4. The molecule has 3 atom stereocenters. The highest BCUT2D eigenvalue weighted by Gasteiger charge is 2.36. The van der Waals surface area contributed by atoms with Crippen LogP contribution in [0.1, 0.15) is 28.4 Å². The number of alkyl carbamates (subject to hydrolysis) is 1. The normalized spacial score (nSPS) is 12.9. The highest BCUT2D eigenvalue weighted by atomic mass is 16.5. The number of carboxylic acid groups (broad SMARTS) is 1. The number of ether oxygens (including phenoxy) is 1. The molecule has 0 aliphatic heterocycles. The van der Waals surface area contributed by atoms with E-state index in [-0.39, 0.29) is 13.0 Å². The number of nitrogens with one attached hydrogen (secondary N) is 3. The van der Waals surface area contributed by atoms with Crippen molar-refractivity contribution in [3.05, 3.63) is 108 Å². The second-order valence-electron chi connectivity index (χ2n) is 8.39. The number of benzene rings is 3. The number of rotatable bonds is 11. The number of carbonyl (C=O) groups excluding carboxylic acids is 3. The van der Waals surface area contributed by atoms with Gasteiger partial charge in [-0.25, -0.2) is 4.79 Å². The van der Waals surface area contributed by atoms with Gasteiger partial charge in [0.2, 0.25) is 5.91 Å². The highest BCUT2D eigenvalue weighted by Crippen LogP contribution is 2.15. The van der Waals surface area contributed by atoms with E-state index in [2.05, 4.69) is 16.0 Å². The SMILES string of the molecule is C[C@H](NC(=O)c1ccccc1)NC(=O)[C@@H](NC(=O)OCc1ccccc1)C(Cc1ccccc1)C(=O)O. The lowest BCUT2D eigenvalue weighted by atomic mass is 9.91. The van der Waals surface area contributed by atoms with Crippen LogP contribution in [0, 0.1) is 5.92 Å². The van der Waals surface area contributed by atoms with Crippen LogP contribution in [0.25, 0.3) is 0 Å². The van der Waals surface area contributed by atoms with E-state index in [1.54, 1.807) is 84.9 Å². The first-order chi connectivity index (χ1) is 17.8. The third kappa shape index (κ3) is 8.50. The van der Waals surface area contributed by atoms with Crippen LogP contribution in [0.5, 0.6) is 0 Å². The lowest BCUT2D eigenvalue weighted by Gasteiger charge is -2.26. The Balaban J connectivity index is 1.73. The Labute approximate surface area is 214 Å². The van der Waals surface area contributed by atoms with Crippen LogP contribution in [-0.4, -0.2) is 41.2 Å². The van der Waals surface area contributed by atoms with Crippen LogP contribution < -0.4 is 16.0 Å². The summed E-state index contributed by atoms with van der Waals surface area (Å²) in [7, 11) is 0. The van der Waals surface area contributed by atoms with E-state index in [1.807, 2.05) is 6.07 Å². The number of amides is 3. The van der Waals surface area contributed by atoms with Crippen LogP contribution >= 0.6 is 0 Å². The first-order valence-electron chi connectivity index (χ1n) is 11.7. The van der Waals surface area contributed by atoms with E-state index < -0.39 is 42.0 Å². The van der Waals surface area contributed by atoms with Crippen molar-refractivity contribution in [3.63, 3.8) is 0 Å². The zero-order valence-electron chi connectivity index (χ0n) is 20.3. The summed E-state index contributed by atoms with van der Waals surface area (Å²) in [6, 6.07) is 24.7. The van der Waals surface area contributed by atoms with E-state index in [0.29, 0.717) is 11.1 Å². The fourth-order valence-electron chi connectivity index (χ4n) is 3.67. The first kappa shape index (κ1) is 26.9. The predicted molar refractivity (Wildman–Crippen MR) is 136 cm³/mol. The van der Waals surface area contributed by atoms with Gasteiger partial charge < -0.3 is 25.8 Å². The van der Waals surface area contributed by atoms with Crippen molar-refractivity contribution in [1.29, 1.82) is 0 Å². The zero-order chi connectivity index (χ0) is 26.6. The smallest absolute Gasteiger partial charge is 0.408 e. The Morgan fingerprint density at radius 2 is 1.30 bits per heavy atom. The number of carboxylic acids is 1. The molecule has 0 aromatic heterocycles. The zero-order valence-corrected chi connectivity index (χ0v) is 20.3. The van der Waals surface area contributed by atoms with Crippen LogP contribution in [0.3, 0.4) is 0 Å². The van der Waals surface area contributed by atoms with Gasteiger partial charge in [-0.3, -0.25) is 14.4 Å². The van der Waals surface area contributed by atoms with Crippen molar-refractivity contribution >= 4 is 23.9 Å². The molecule has 4 N–H and O–H groups in total. The van der Waals surface area contributed by atoms with E-state index >= 15 is 0 Å². The Hall–Kier alpha value is -4.66. The van der Waals surface area contributed by atoms with Crippen LogP contribution in [0.4, 0.5) is 4.79 Å². The summed E-state index contributed by atoms with van der Waals surface area (Å²) in [6.45, 7) is 1.48. The van der Waals surface area contributed by atoms with Gasteiger partial charge in [0.25, 0.3) is 5.91 Å². The van der Waals surface area contributed by atoms with Crippen molar-refractivity contribution in [2.24, 2.45) is 5.92 Å². The molecule has 0 saturated heterocycles.